The maximum absolute atomic E-state index is 13.2. The van der Waals surface area contributed by atoms with Crippen LogP contribution in [-0.2, 0) is 20.8 Å². The number of hydrogen-bond acceptors (Lipinski definition) is 10. The molecule has 198 valence electrons. The van der Waals surface area contributed by atoms with Crippen LogP contribution in [-0.4, -0.2) is 45.1 Å². The van der Waals surface area contributed by atoms with Gasteiger partial charge in [-0.15, -0.1) is 11.3 Å². The van der Waals surface area contributed by atoms with Gasteiger partial charge in [0.15, 0.2) is 5.13 Å². The number of carbonyl (C=O) groups is 3. The number of amides is 1. The highest BCUT2D eigenvalue weighted by Crippen LogP contribution is 2.29. The Morgan fingerprint density at radius 1 is 1.11 bits per heavy atom. The number of rotatable bonds is 8. The topological polar surface area (TPSA) is 129 Å². The number of esters is 2. The molecule has 0 saturated heterocycles. The Labute approximate surface area is 222 Å². The minimum atomic E-state index is -0.496. The zero-order chi connectivity index (χ0) is 26.7. The van der Waals surface area contributed by atoms with Gasteiger partial charge < -0.3 is 14.8 Å². The molecule has 0 atom stereocenters. The van der Waals surface area contributed by atoms with Crippen molar-refractivity contribution in [2.45, 2.75) is 72.4 Å². The average Bonchev–Trinajstić information content (AvgIpc) is 3.39. The Bertz CT molecular complexity index is 1380. The highest BCUT2D eigenvalue weighted by molar-refractivity contribution is 7.20. The fourth-order valence-corrected chi connectivity index (χ4v) is 6.01. The van der Waals surface area contributed by atoms with Crippen molar-refractivity contribution in [2.75, 3.05) is 11.9 Å². The number of thiazole rings is 1. The molecule has 0 aromatic carbocycles. The fourth-order valence-electron chi connectivity index (χ4n) is 4.12. The van der Waals surface area contributed by atoms with Gasteiger partial charge in [-0.05, 0) is 51.0 Å². The van der Waals surface area contributed by atoms with Crippen LogP contribution < -0.4 is 10.9 Å². The van der Waals surface area contributed by atoms with Crippen molar-refractivity contribution in [3.63, 3.8) is 0 Å². The summed E-state index contributed by atoms with van der Waals surface area (Å²) >= 11 is 2.14. The molecule has 0 radical (unpaired) electrons. The molecule has 10 nitrogen and oxygen atoms in total. The molecule has 1 aliphatic rings. The van der Waals surface area contributed by atoms with E-state index in [9.17, 15) is 19.2 Å². The van der Waals surface area contributed by atoms with E-state index in [4.69, 9.17) is 9.47 Å². The molecule has 0 bridgehead atoms. The summed E-state index contributed by atoms with van der Waals surface area (Å²) in [5, 5.41) is 3.17. The number of anilines is 1. The van der Waals surface area contributed by atoms with Crippen LogP contribution in [0.15, 0.2) is 11.1 Å². The van der Waals surface area contributed by atoms with Gasteiger partial charge in [0, 0.05) is 0 Å². The highest BCUT2D eigenvalue weighted by Gasteiger charge is 2.25. The summed E-state index contributed by atoms with van der Waals surface area (Å²) < 4.78 is 12.1. The molecule has 1 fully saturated rings. The van der Waals surface area contributed by atoms with Gasteiger partial charge in [0.05, 0.1) is 24.0 Å². The lowest BCUT2D eigenvalue weighted by Crippen LogP contribution is -2.28. The Hall–Kier alpha value is -3.12. The fraction of sp³-hybridized carbons (Fsp3) is 0.520. The van der Waals surface area contributed by atoms with Crippen molar-refractivity contribution in [2.24, 2.45) is 5.92 Å². The molecule has 1 N–H and O–H groups in total. The first-order chi connectivity index (χ1) is 17.6. The SMILES string of the molecule is Cc1nc(NC(=O)Cn2cnc3sc(C(=O)OC4CCCCC4)c(C)c3c2=O)sc1C(=O)OCC(C)C. The van der Waals surface area contributed by atoms with Crippen LogP contribution in [0, 0.1) is 19.8 Å². The Balaban J connectivity index is 1.46. The van der Waals surface area contributed by atoms with Gasteiger partial charge in [-0.1, -0.05) is 31.6 Å². The van der Waals surface area contributed by atoms with Crippen molar-refractivity contribution in [1.82, 2.24) is 14.5 Å². The number of nitrogens with zero attached hydrogens (tertiary/aromatic N) is 3. The van der Waals surface area contributed by atoms with E-state index in [1.54, 1.807) is 13.8 Å². The quantitative estimate of drug-likeness (QED) is 0.410. The van der Waals surface area contributed by atoms with Gasteiger partial charge in [0.2, 0.25) is 5.91 Å². The molecule has 3 heterocycles. The molecule has 3 aromatic heterocycles. The van der Waals surface area contributed by atoms with E-state index in [-0.39, 0.29) is 30.3 Å². The summed E-state index contributed by atoms with van der Waals surface area (Å²) in [6.07, 6.45) is 6.15. The lowest BCUT2D eigenvalue weighted by Gasteiger charge is -2.21. The molecule has 12 heteroatoms. The molecule has 4 rings (SSSR count). The largest absolute Gasteiger partial charge is 0.461 e. The first-order valence-corrected chi connectivity index (χ1v) is 13.9. The average molecular weight is 547 g/mol. The number of hydrogen-bond donors (Lipinski definition) is 1. The van der Waals surface area contributed by atoms with E-state index in [1.165, 1.54) is 10.9 Å². The molecular formula is C25H30N4O6S2. The first kappa shape index (κ1) is 26.9. The zero-order valence-electron chi connectivity index (χ0n) is 21.3. The third-order valence-electron chi connectivity index (χ3n) is 6.02. The standard InChI is InChI=1S/C25H30N4O6S2/c1-13(2)11-34-23(32)20-15(4)27-25(37-20)28-17(30)10-29-12-26-21-18(22(29)31)14(3)19(36-21)24(33)35-16-8-6-5-7-9-16/h12-13,16H,5-11H2,1-4H3,(H,27,28,30). The number of carbonyl (C=O) groups excluding carboxylic acids is 3. The van der Waals surface area contributed by atoms with Crippen molar-refractivity contribution in [3.8, 4) is 0 Å². The van der Waals surface area contributed by atoms with E-state index in [1.807, 2.05) is 13.8 Å². The van der Waals surface area contributed by atoms with Crippen molar-refractivity contribution < 1.29 is 23.9 Å². The van der Waals surface area contributed by atoms with E-state index in [0.29, 0.717) is 31.2 Å². The number of ether oxygens (including phenoxy) is 2. The van der Waals surface area contributed by atoms with Gasteiger partial charge in [-0.2, -0.15) is 0 Å². The molecule has 37 heavy (non-hydrogen) atoms. The third-order valence-corrected chi connectivity index (χ3v) is 8.25. The molecule has 0 unspecified atom stereocenters. The summed E-state index contributed by atoms with van der Waals surface area (Å²) in [7, 11) is 0. The van der Waals surface area contributed by atoms with Gasteiger partial charge in [0.25, 0.3) is 5.56 Å². The highest BCUT2D eigenvalue weighted by atomic mass is 32.1. The summed E-state index contributed by atoms with van der Waals surface area (Å²) in [4.78, 5) is 60.5. The second-order valence-corrected chi connectivity index (χ2v) is 11.6. The van der Waals surface area contributed by atoms with Gasteiger partial charge in [-0.3, -0.25) is 14.2 Å². The molecule has 3 aromatic rings. The Kier molecular flexibility index (Phi) is 8.38. The number of nitrogens with one attached hydrogen (secondary N) is 1. The second-order valence-electron chi connectivity index (χ2n) is 9.55. The van der Waals surface area contributed by atoms with Gasteiger partial charge in [0.1, 0.15) is 27.2 Å². The summed E-state index contributed by atoms with van der Waals surface area (Å²) in [6.45, 7) is 7.23. The molecular weight excluding hydrogens is 516 g/mol. The van der Waals surface area contributed by atoms with Crippen LogP contribution in [0.25, 0.3) is 10.2 Å². The van der Waals surface area contributed by atoms with Crippen LogP contribution >= 0.6 is 22.7 Å². The van der Waals surface area contributed by atoms with Gasteiger partial charge in [-0.25, -0.2) is 19.6 Å². The number of thiophene rings is 1. The Morgan fingerprint density at radius 3 is 2.54 bits per heavy atom. The van der Waals surface area contributed by atoms with Crippen LogP contribution in [0.5, 0.6) is 0 Å². The Morgan fingerprint density at radius 2 is 1.84 bits per heavy atom. The van der Waals surface area contributed by atoms with Crippen molar-refractivity contribution >= 4 is 55.9 Å². The first-order valence-electron chi connectivity index (χ1n) is 12.3. The van der Waals surface area contributed by atoms with Crippen LogP contribution in [0.4, 0.5) is 5.13 Å². The van der Waals surface area contributed by atoms with Crippen molar-refractivity contribution in [1.29, 1.82) is 0 Å². The molecule has 1 saturated carbocycles. The molecule has 1 amide bonds. The second kappa shape index (κ2) is 11.5. The molecule has 0 aliphatic heterocycles. The molecule has 0 spiro atoms. The maximum Gasteiger partial charge on any atom is 0.350 e. The van der Waals surface area contributed by atoms with E-state index in [0.717, 1.165) is 54.8 Å². The predicted molar refractivity (Wildman–Crippen MR) is 142 cm³/mol. The monoisotopic (exact) mass is 546 g/mol. The normalized spacial score (nSPS) is 14.2. The maximum atomic E-state index is 13.2. The summed E-state index contributed by atoms with van der Waals surface area (Å²) in [5.74, 6) is -1.21. The lowest BCUT2D eigenvalue weighted by atomic mass is 9.98. The van der Waals surface area contributed by atoms with E-state index >= 15 is 0 Å². The number of aromatic nitrogens is 3. The minimum Gasteiger partial charge on any atom is -0.461 e. The van der Waals surface area contributed by atoms with Crippen LogP contribution in [0.2, 0.25) is 0 Å². The van der Waals surface area contributed by atoms with Crippen molar-refractivity contribution in [3.05, 3.63) is 37.7 Å². The number of aryl methyl sites for hydroxylation is 2. The van der Waals surface area contributed by atoms with Gasteiger partial charge >= 0.3 is 11.9 Å². The van der Waals surface area contributed by atoms with E-state index in [2.05, 4.69) is 15.3 Å². The number of fused-ring (bicyclic) bond motifs is 1. The van der Waals surface area contributed by atoms with Crippen LogP contribution in [0.1, 0.15) is 76.6 Å². The smallest absolute Gasteiger partial charge is 0.350 e. The lowest BCUT2D eigenvalue weighted by molar-refractivity contribution is -0.116. The molecule has 1 aliphatic carbocycles. The zero-order valence-corrected chi connectivity index (χ0v) is 22.9. The van der Waals surface area contributed by atoms with E-state index < -0.39 is 23.4 Å². The predicted octanol–water partition coefficient (Wildman–Crippen LogP) is 4.47. The minimum absolute atomic E-state index is 0.0914. The summed E-state index contributed by atoms with van der Waals surface area (Å²) in [5.41, 5.74) is 0.544. The third kappa shape index (κ3) is 6.24. The van der Waals surface area contributed by atoms with Crippen LogP contribution in [0.3, 0.4) is 0 Å². The summed E-state index contributed by atoms with van der Waals surface area (Å²) in [6, 6.07) is 0.